The molecule has 1 unspecified atom stereocenters. The summed E-state index contributed by atoms with van der Waals surface area (Å²) < 4.78 is 23.1. The van der Waals surface area contributed by atoms with Gasteiger partial charge in [0.25, 0.3) is 5.56 Å². The van der Waals surface area contributed by atoms with E-state index in [1.54, 1.807) is 0 Å². The van der Waals surface area contributed by atoms with E-state index >= 15 is 0 Å². The van der Waals surface area contributed by atoms with Crippen LogP contribution in [-0.2, 0) is 9.26 Å². The zero-order chi connectivity index (χ0) is 16.0. The van der Waals surface area contributed by atoms with Gasteiger partial charge in [-0.25, -0.2) is 4.79 Å². The molecule has 2 heterocycles. The SMILES string of the molecule is [B]COP(O)O.[B][C@@H]1CCC(n2cc(F)c(=O)[nH]c2=O)O1. The minimum atomic E-state index is -2.23. The van der Waals surface area contributed by atoms with Gasteiger partial charge in [-0.1, -0.05) is 0 Å². The first-order valence-electron chi connectivity index (χ1n) is 5.78. The molecule has 0 saturated carbocycles. The molecule has 21 heavy (non-hydrogen) atoms. The van der Waals surface area contributed by atoms with Gasteiger partial charge in [-0.05, 0) is 12.8 Å². The number of hydrogen-bond donors (Lipinski definition) is 3. The number of halogens is 1. The molecular formula is C9H12B2FN2O6P. The summed E-state index contributed by atoms with van der Waals surface area (Å²) in [6.45, 7) is -0.140. The standard InChI is InChI=1S/C8H8BFN2O3.CH4BO3P/c9-5-1-2-6(15-5)12-3-4(10)7(13)11-8(12)14;2-1-5-6(3)4/h3,5-6H,1-2H2,(H,11,13,14);3-4H,1H2/t5-,6?;/m0./s1. The van der Waals surface area contributed by atoms with Gasteiger partial charge < -0.3 is 19.0 Å². The fraction of sp³-hybridized carbons (Fsp3) is 0.556. The highest BCUT2D eigenvalue weighted by Crippen LogP contribution is 2.24. The Morgan fingerprint density at radius 1 is 1.52 bits per heavy atom. The first-order valence-corrected chi connectivity index (χ1v) is 6.94. The van der Waals surface area contributed by atoms with Crippen molar-refractivity contribution < 1.29 is 23.4 Å². The molecule has 0 amide bonds. The van der Waals surface area contributed by atoms with Crippen molar-refractivity contribution in [3.8, 4) is 0 Å². The fourth-order valence-electron chi connectivity index (χ4n) is 1.59. The van der Waals surface area contributed by atoms with Gasteiger partial charge in [0, 0.05) is 12.5 Å². The van der Waals surface area contributed by atoms with Crippen LogP contribution in [-0.4, -0.2) is 47.5 Å². The summed E-state index contributed by atoms with van der Waals surface area (Å²) in [5.74, 6) is -1.02. The largest absolute Gasteiger partial charge is 0.364 e. The van der Waals surface area contributed by atoms with Gasteiger partial charge in [0.2, 0.25) is 5.82 Å². The molecule has 0 bridgehead atoms. The third-order valence-electron chi connectivity index (χ3n) is 2.45. The molecule has 1 fully saturated rings. The number of nitrogens with one attached hydrogen (secondary N) is 1. The number of hydrogen-bond acceptors (Lipinski definition) is 6. The number of nitrogens with zero attached hydrogens (tertiary/aromatic N) is 1. The summed E-state index contributed by atoms with van der Waals surface area (Å²) in [5, 5.41) is 0. The average Bonchev–Trinajstić information content (AvgIpc) is 2.81. The Balaban J connectivity index is 0.000000315. The van der Waals surface area contributed by atoms with Crippen LogP contribution in [0.15, 0.2) is 15.8 Å². The molecule has 12 heteroatoms. The van der Waals surface area contributed by atoms with Crippen molar-refractivity contribution in [1.29, 1.82) is 0 Å². The Morgan fingerprint density at radius 2 is 2.19 bits per heavy atom. The second kappa shape index (κ2) is 8.45. The zero-order valence-corrected chi connectivity index (χ0v) is 11.7. The van der Waals surface area contributed by atoms with Crippen LogP contribution < -0.4 is 11.2 Å². The van der Waals surface area contributed by atoms with Crippen molar-refractivity contribution in [3.63, 3.8) is 0 Å². The molecule has 3 N–H and O–H groups in total. The van der Waals surface area contributed by atoms with Crippen LogP contribution in [0.4, 0.5) is 4.39 Å². The van der Waals surface area contributed by atoms with Crippen LogP contribution in [0, 0.1) is 5.82 Å². The molecule has 0 aromatic carbocycles. The van der Waals surface area contributed by atoms with Crippen LogP contribution >= 0.6 is 8.60 Å². The second-order valence-electron chi connectivity index (χ2n) is 3.90. The number of ether oxygens (including phenoxy) is 1. The Labute approximate surface area is 122 Å². The maximum atomic E-state index is 12.9. The van der Waals surface area contributed by atoms with Crippen molar-refractivity contribution in [3.05, 3.63) is 32.9 Å². The lowest BCUT2D eigenvalue weighted by Crippen LogP contribution is -2.33. The van der Waals surface area contributed by atoms with E-state index in [1.165, 1.54) is 0 Å². The van der Waals surface area contributed by atoms with Crippen molar-refractivity contribution in [2.24, 2.45) is 0 Å². The molecule has 1 aromatic heterocycles. The van der Waals surface area contributed by atoms with Crippen LogP contribution in [0.3, 0.4) is 0 Å². The van der Waals surface area contributed by atoms with E-state index in [0.717, 1.165) is 10.8 Å². The van der Waals surface area contributed by atoms with E-state index in [1.807, 2.05) is 4.98 Å². The Morgan fingerprint density at radius 3 is 2.62 bits per heavy atom. The molecule has 0 spiro atoms. The molecule has 1 aliphatic heterocycles. The van der Waals surface area contributed by atoms with Gasteiger partial charge in [-0.3, -0.25) is 14.3 Å². The molecule has 2 rings (SSSR count). The monoisotopic (exact) mass is 316 g/mol. The maximum absolute atomic E-state index is 12.9. The first kappa shape index (κ1) is 18.1. The molecule has 2 atom stereocenters. The van der Waals surface area contributed by atoms with E-state index in [2.05, 4.69) is 4.52 Å². The summed E-state index contributed by atoms with van der Waals surface area (Å²) in [6.07, 6.45) is 1.35. The lowest BCUT2D eigenvalue weighted by molar-refractivity contribution is 0.0332. The minimum absolute atomic E-state index is 0.140. The Bertz CT molecular complexity index is 568. The molecule has 1 aromatic rings. The topological polar surface area (TPSA) is 114 Å². The highest BCUT2D eigenvalue weighted by atomic mass is 31.2. The molecular weight excluding hydrogens is 304 g/mol. The molecule has 8 nitrogen and oxygen atoms in total. The number of H-pyrrole nitrogens is 1. The summed E-state index contributed by atoms with van der Waals surface area (Å²) in [4.78, 5) is 39.7. The van der Waals surface area contributed by atoms with E-state index in [9.17, 15) is 14.0 Å². The van der Waals surface area contributed by atoms with Gasteiger partial charge in [-0.15, -0.1) is 0 Å². The molecule has 1 aliphatic rings. The van der Waals surface area contributed by atoms with Crippen LogP contribution in [0.1, 0.15) is 19.1 Å². The number of aromatic nitrogens is 2. The summed E-state index contributed by atoms with van der Waals surface area (Å²) >= 11 is 0. The van der Waals surface area contributed by atoms with Crippen LogP contribution in [0.2, 0.25) is 0 Å². The summed E-state index contributed by atoms with van der Waals surface area (Å²) in [6, 6.07) is -0.447. The van der Waals surface area contributed by atoms with Crippen molar-refractivity contribution in [2.45, 2.75) is 25.1 Å². The van der Waals surface area contributed by atoms with Crippen molar-refractivity contribution in [2.75, 3.05) is 6.51 Å². The minimum Gasteiger partial charge on any atom is -0.364 e. The van der Waals surface area contributed by atoms with E-state index in [0.29, 0.717) is 12.8 Å². The number of rotatable bonds is 3. The Kier molecular flexibility index (Phi) is 7.27. The molecule has 112 valence electrons. The molecule has 4 radical (unpaired) electrons. The van der Waals surface area contributed by atoms with Gasteiger partial charge in [0.05, 0.1) is 6.20 Å². The van der Waals surface area contributed by atoms with E-state index in [4.69, 9.17) is 30.2 Å². The first-order chi connectivity index (χ1) is 9.85. The predicted octanol–water partition coefficient (Wildman–Crippen LogP) is -1.18. The van der Waals surface area contributed by atoms with Crippen molar-refractivity contribution >= 4 is 24.3 Å². The van der Waals surface area contributed by atoms with Gasteiger partial charge >= 0.3 is 14.3 Å². The van der Waals surface area contributed by atoms with Crippen LogP contribution in [0.25, 0.3) is 0 Å². The van der Waals surface area contributed by atoms with E-state index < -0.39 is 37.9 Å². The highest BCUT2D eigenvalue weighted by molar-refractivity contribution is 7.39. The zero-order valence-electron chi connectivity index (χ0n) is 10.8. The highest BCUT2D eigenvalue weighted by Gasteiger charge is 2.24. The molecule has 0 aliphatic carbocycles. The maximum Gasteiger partial charge on any atom is 0.330 e. The number of aromatic amines is 1. The predicted molar refractivity (Wildman–Crippen MR) is 73.2 cm³/mol. The third-order valence-corrected chi connectivity index (χ3v) is 2.83. The van der Waals surface area contributed by atoms with Gasteiger partial charge in [-0.2, -0.15) is 4.39 Å². The lowest BCUT2D eigenvalue weighted by atomic mass is 9.98. The van der Waals surface area contributed by atoms with Crippen LogP contribution in [0.5, 0.6) is 0 Å². The second-order valence-corrected chi connectivity index (χ2v) is 4.66. The normalized spacial score (nSPS) is 21.1. The van der Waals surface area contributed by atoms with E-state index in [-0.39, 0.29) is 6.51 Å². The summed E-state index contributed by atoms with van der Waals surface area (Å²) in [5.41, 5.74) is -1.72. The quantitative estimate of drug-likeness (QED) is 0.478. The summed E-state index contributed by atoms with van der Waals surface area (Å²) in [7, 11) is 7.96. The smallest absolute Gasteiger partial charge is 0.330 e. The third kappa shape index (κ3) is 5.72. The average molecular weight is 316 g/mol. The fourth-order valence-corrected chi connectivity index (χ4v) is 1.72. The lowest BCUT2D eigenvalue weighted by Gasteiger charge is -2.13. The Hall–Kier alpha value is -0.990. The van der Waals surface area contributed by atoms with Gasteiger partial charge in [0.15, 0.2) is 0 Å². The van der Waals surface area contributed by atoms with Crippen molar-refractivity contribution in [1.82, 2.24) is 9.55 Å². The van der Waals surface area contributed by atoms with Gasteiger partial charge in [0.1, 0.15) is 21.9 Å². The molecule has 1 saturated heterocycles.